The molecule has 2 unspecified atom stereocenters. The van der Waals surface area contributed by atoms with Crippen molar-refractivity contribution >= 4 is 0 Å². The van der Waals surface area contributed by atoms with Gasteiger partial charge in [0.05, 0.1) is 13.2 Å². The highest BCUT2D eigenvalue weighted by Crippen LogP contribution is 2.44. The summed E-state index contributed by atoms with van der Waals surface area (Å²) in [5.41, 5.74) is 6.34. The molecule has 2 saturated heterocycles. The third-order valence-electron chi connectivity index (χ3n) is 4.45. The fourth-order valence-electron chi connectivity index (χ4n) is 3.56. The first-order valence-corrected chi connectivity index (χ1v) is 5.92. The van der Waals surface area contributed by atoms with E-state index in [1.54, 1.807) is 0 Å². The third-order valence-corrected chi connectivity index (χ3v) is 4.45. The highest BCUT2D eigenvalue weighted by Gasteiger charge is 2.51. The largest absolute Gasteiger partial charge is 0.378 e. The van der Waals surface area contributed by atoms with Crippen LogP contribution in [0.4, 0.5) is 0 Å². The summed E-state index contributed by atoms with van der Waals surface area (Å²) in [4.78, 5) is 2.72. The van der Waals surface area contributed by atoms with E-state index in [1.807, 2.05) is 0 Å². The van der Waals surface area contributed by atoms with Crippen LogP contribution in [0.1, 0.15) is 32.1 Å². The van der Waals surface area contributed by atoms with Gasteiger partial charge in [-0.05, 0) is 32.1 Å². The molecule has 3 heteroatoms. The molecule has 2 bridgehead atoms. The molecule has 2 heterocycles. The van der Waals surface area contributed by atoms with Gasteiger partial charge >= 0.3 is 0 Å². The molecule has 0 aromatic heterocycles. The molecular formula is C11H20N2O. The minimum absolute atomic E-state index is 0.371. The van der Waals surface area contributed by atoms with Crippen LogP contribution in [0.15, 0.2) is 0 Å². The van der Waals surface area contributed by atoms with E-state index in [4.69, 9.17) is 10.5 Å². The average Bonchev–Trinajstić information content (AvgIpc) is 2.41. The smallest absolute Gasteiger partial charge is 0.0623 e. The van der Waals surface area contributed by atoms with Crippen molar-refractivity contribution in [1.82, 2.24) is 4.90 Å². The number of nitrogens with zero attached hydrogens (tertiary/aromatic N) is 1. The lowest BCUT2D eigenvalue weighted by molar-refractivity contribution is -0.0970. The first kappa shape index (κ1) is 9.13. The predicted octanol–water partition coefficient (Wildman–Crippen LogP) is 0.731. The highest BCUT2D eigenvalue weighted by atomic mass is 16.5. The zero-order valence-corrected chi connectivity index (χ0v) is 8.74. The van der Waals surface area contributed by atoms with E-state index in [2.05, 4.69) is 4.90 Å². The molecule has 80 valence electrons. The van der Waals surface area contributed by atoms with Crippen LogP contribution >= 0.6 is 0 Å². The van der Waals surface area contributed by atoms with E-state index in [9.17, 15) is 0 Å². The van der Waals surface area contributed by atoms with Gasteiger partial charge in [-0.1, -0.05) is 0 Å². The van der Waals surface area contributed by atoms with Crippen LogP contribution in [0.5, 0.6) is 0 Å². The minimum Gasteiger partial charge on any atom is -0.378 e. The Balaban J connectivity index is 1.83. The van der Waals surface area contributed by atoms with E-state index >= 15 is 0 Å². The lowest BCUT2D eigenvalue weighted by Gasteiger charge is -2.54. The second-order valence-electron chi connectivity index (χ2n) is 5.11. The molecule has 2 atom stereocenters. The number of hydrogen-bond acceptors (Lipinski definition) is 3. The van der Waals surface area contributed by atoms with Crippen molar-refractivity contribution in [1.29, 1.82) is 0 Å². The molecule has 0 radical (unpaired) electrons. The van der Waals surface area contributed by atoms with E-state index < -0.39 is 0 Å². The van der Waals surface area contributed by atoms with Crippen LogP contribution in [0.3, 0.4) is 0 Å². The Morgan fingerprint density at radius 1 is 1.21 bits per heavy atom. The standard InChI is InChI=1S/C11H20N2O/c12-8-11(4-1-5-11)13-9-2-3-10(13)7-14-6-9/h9-10H,1-8,12H2. The Kier molecular flexibility index (Phi) is 2.08. The molecule has 1 saturated carbocycles. The number of ether oxygens (including phenoxy) is 1. The van der Waals surface area contributed by atoms with E-state index in [0.717, 1.165) is 19.8 Å². The molecule has 3 aliphatic rings. The fraction of sp³-hybridized carbons (Fsp3) is 1.00. The summed E-state index contributed by atoms with van der Waals surface area (Å²) in [5, 5.41) is 0. The average molecular weight is 196 g/mol. The number of hydrogen-bond donors (Lipinski definition) is 1. The lowest BCUT2D eigenvalue weighted by Crippen LogP contribution is -2.65. The van der Waals surface area contributed by atoms with Crippen LogP contribution < -0.4 is 5.73 Å². The molecule has 2 N–H and O–H groups in total. The van der Waals surface area contributed by atoms with Gasteiger partial charge in [0, 0.05) is 24.2 Å². The summed E-state index contributed by atoms with van der Waals surface area (Å²) < 4.78 is 5.61. The second-order valence-corrected chi connectivity index (χ2v) is 5.11. The molecule has 0 aromatic carbocycles. The summed E-state index contributed by atoms with van der Waals surface area (Å²) in [6.07, 6.45) is 6.65. The van der Waals surface area contributed by atoms with Gasteiger partial charge in [0.15, 0.2) is 0 Å². The topological polar surface area (TPSA) is 38.5 Å². The van der Waals surface area contributed by atoms with Crippen molar-refractivity contribution in [3.8, 4) is 0 Å². The van der Waals surface area contributed by atoms with Gasteiger partial charge in [-0.25, -0.2) is 0 Å². The van der Waals surface area contributed by atoms with Crippen LogP contribution in [0, 0.1) is 0 Å². The highest BCUT2D eigenvalue weighted by molar-refractivity contribution is 5.07. The van der Waals surface area contributed by atoms with Gasteiger partial charge in [-0.15, -0.1) is 0 Å². The molecular weight excluding hydrogens is 176 g/mol. The van der Waals surface area contributed by atoms with Crippen molar-refractivity contribution in [2.75, 3.05) is 19.8 Å². The van der Waals surface area contributed by atoms with Gasteiger partial charge in [-0.2, -0.15) is 0 Å². The number of rotatable bonds is 2. The molecule has 3 nitrogen and oxygen atoms in total. The Hall–Kier alpha value is -0.120. The summed E-state index contributed by atoms with van der Waals surface area (Å²) in [6.45, 7) is 2.73. The maximum Gasteiger partial charge on any atom is 0.0623 e. The van der Waals surface area contributed by atoms with Crippen LogP contribution in [-0.2, 0) is 4.74 Å². The first-order valence-electron chi connectivity index (χ1n) is 5.92. The van der Waals surface area contributed by atoms with Crippen LogP contribution in [0.25, 0.3) is 0 Å². The quantitative estimate of drug-likeness (QED) is 0.707. The number of nitrogens with two attached hydrogens (primary N) is 1. The lowest BCUT2D eigenvalue weighted by atomic mass is 9.74. The summed E-state index contributed by atoms with van der Waals surface area (Å²) in [6, 6.07) is 1.36. The molecule has 2 aliphatic heterocycles. The molecule has 14 heavy (non-hydrogen) atoms. The van der Waals surface area contributed by atoms with Gasteiger partial charge in [0.1, 0.15) is 0 Å². The molecule has 0 amide bonds. The zero-order valence-electron chi connectivity index (χ0n) is 8.74. The van der Waals surface area contributed by atoms with E-state index in [0.29, 0.717) is 17.6 Å². The second kappa shape index (κ2) is 3.19. The molecule has 0 spiro atoms. The number of fused-ring (bicyclic) bond motifs is 2. The van der Waals surface area contributed by atoms with Gasteiger partial charge < -0.3 is 10.5 Å². The van der Waals surface area contributed by atoms with Crippen LogP contribution in [0.2, 0.25) is 0 Å². The Morgan fingerprint density at radius 3 is 2.29 bits per heavy atom. The fourth-order valence-corrected chi connectivity index (χ4v) is 3.56. The zero-order chi connectivity index (χ0) is 9.60. The maximum absolute atomic E-state index is 5.97. The number of morpholine rings is 1. The van der Waals surface area contributed by atoms with Gasteiger partial charge in [0.25, 0.3) is 0 Å². The SMILES string of the molecule is NCC1(N2C3CCC2COC3)CCC1. The van der Waals surface area contributed by atoms with E-state index in [1.165, 1.54) is 32.1 Å². The maximum atomic E-state index is 5.97. The molecule has 3 rings (SSSR count). The summed E-state index contributed by atoms with van der Waals surface area (Å²) in [7, 11) is 0. The van der Waals surface area contributed by atoms with Crippen molar-refractivity contribution in [3.63, 3.8) is 0 Å². The Labute approximate surface area is 85.6 Å². The summed E-state index contributed by atoms with van der Waals surface area (Å²) >= 11 is 0. The Morgan fingerprint density at radius 2 is 1.86 bits per heavy atom. The van der Waals surface area contributed by atoms with Crippen molar-refractivity contribution < 1.29 is 4.74 Å². The van der Waals surface area contributed by atoms with E-state index in [-0.39, 0.29) is 0 Å². The van der Waals surface area contributed by atoms with Gasteiger partial charge in [0.2, 0.25) is 0 Å². The van der Waals surface area contributed by atoms with Crippen LogP contribution in [-0.4, -0.2) is 42.3 Å². The minimum atomic E-state index is 0.371. The normalized spacial score (nSPS) is 40.9. The van der Waals surface area contributed by atoms with Crippen molar-refractivity contribution in [2.24, 2.45) is 5.73 Å². The molecule has 0 aromatic rings. The predicted molar refractivity (Wildman–Crippen MR) is 55.1 cm³/mol. The third kappa shape index (κ3) is 1.09. The molecule has 3 fully saturated rings. The van der Waals surface area contributed by atoms with Crippen molar-refractivity contribution in [3.05, 3.63) is 0 Å². The Bertz CT molecular complexity index is 206. The molecule has 1 aliphatic carbocycles. The monoisotopic (exact) mass is 196 g/mol. The van der Waals surface area contributed by atoms with Gasteiger partial charge in [-0.3, -0.25) is 4.90 Å². The van der Waals surface area contributed by atoms with Crippen molar-refractivity contribution in [2.45, 2.75) is 49.7 Å². The first-order chi connectivity index (χ1) is 6.86. The summed E-state index contributed by atoms with van der Waals surface area (Å²) in [5.74, 6) is 0.